The molecule has 1 aromatic heterocycles. The van der Waals surface area contributed by atoms with Gasteiger partial charge in [-0.2, -0.15) is 0 Å². The van der Waals surface area contributed by atoms with Crippen LogP contribution in [0.4, 0.5) is 11.4 Å². The van der Waals surface area contributed by atoms with Gasteiger partial charge in [-0.15, -0.1) is 0 Å². The Kier molecular flexibility index (Phi) is 6.49. The van der Waals surface area contributed by atoms with E-state index < -0.39 is 0 Å². The summed E-state index contributed by atoms with van der Waals surface area (Å²) < 4.78 is 16.6. The lowest BCUT2D eigenvalue weighted by Gasteiger charge is -2.35. The number of benzene rings is 3. The maximum Gasteiger partial charge on any atom is 0.291 e. The van der Waals surface area contributed by atoms with Gasteiger partial charge in [-0.1, -0.05) is 30.3 Å². The van der Waals surface area contributed by atoms with Crippen molar-refractivity contribution in [1.29, 1.82) is 0 Å². The van der Waals surface area contributed by atoms with E-state index in [2.05, 4.69) is 22.3 Å². The molecule has 184 valence electrons. The van der Waals surface area contributed by atoms with Crippen molar-refractivity contribution in [2.24, 2.45) is 0 Å². The second-order valence-corrected chi connectivity index (χ2v) is 8.44. The minimum atomic E-state index is -0.384. The van der Waals surface area contributed by atoms with Crippen LogP contribution in [0.1, 0.15) is 20.9 Å². The van der Waals surface area contributed by atoms with Gasteiger partial charge in [0.2, 0.25) is 5.76 Å². The smallest absolute Gasteiger partial charge is 0.291 e. The number of hydrogen-bond donors (Lipinski definition) is 1. The maximum atomic E-state index is 13.6. The molecule has 0 atom stereocenters. The number of piperazine rings is 1. The number of amides is 2. The molecule has 36 heavy (non-hydrogen) atoms. The first-order valence-corrected chi connectivity index (χ1v) is 11.7. The highest BCUT2D eigenvalue weighted by molar-refractivity contribution is 6.14. The molecule has 0 bridgehead atoms. The number of ether oxygens (including phenoxy) is 2. The minimum Gasteiger partial charge on any atom is -0.493 e. The summed E-state index contributed by atoms with van der Waals surface area (Å²) >= 11 is 0. The van der Waals surface area contributed by atoms with Gasteiger partial charge >= 0.3 is 0 Å². The molecule has 0 aliphatic carbocycles. The number of rotatable bonds is 6. The number of carbonyl (C=O) groups is 2. The van der Waals surface area contributed by atoms with Crippen LogP contribution in [0, 0.1) is 0 Å². The van der Waals surface area contributed by atoms with Crippen molar-refractivity contribution < 1.29 is 23.5 Å². The van der Waals surface area contributed by atoms with Gasteiger partial charge in [-0.05, 0) is 42.5 Å². The summed E-state index contributed by atoms with van der Waals surface area (Å²) in [6, 6.07) is 22.3. The van der Waals surface area contributed by atoms with E-state index >= 15 is 0 Å². The Morgan fingerprint density at radius 1 is 0.833 bits per heavy atom. The molecule has 8 heteroatoms. The normalized spacial score (nSPS) is 13.5. The molecule has 8 nitrogen and oxygen atoms in total. The number of nitrogens with one attached hydrogen (secondary N) is 1. The van der Waals surface area contributed by atoms with E-state index in [1.807, 2.05) is 36.4 Å². The van der Waals surface area contributed by atoms with Crippen molar-refractivity contribution in [3.05, 3.63) is 84.1 Å². The number of carbonyl (C=O) groups excluding carboxylic acids is 2. The van der Waals surface area contributed by atoms with Gasteiger partial charge in [0.05, 0.1) is 14.2 Å². The third-order valence-electron chi connectivity index (χ3n) is 6.36. The Labute approximate surface area is 209 Å². The van der Waals surface area contributed by atoms with Crippen molar-refractivity contribution in [2.75, 3.05) is 50.6 Å². The summed E-state index contributed by atoms with van der Waals surface area (Å²) in [6.45, 7) is 2.52. The van der Waals surface area contributed by atoms with E-state index in [1.165, 1.54) is 14.2 Å². The van der Waals surface area contributed by atoms with Gasteiger partial charge in [0.1, 0.15) is 11.3 Å². The number of furan rings is 1. The molecule has 4 aromatic rings. The summed E-state index contributed by atoms with van der Waals surface area (Å²) in [5, 5.41) is 3.57. The zero-order valence-corrected chi connectivity index (χ0v) is 20.2. The van der Waals surface area contributed by atoms with E-state index in [1.54, 1.807) is 29.2 Å². The lowest BCUT2D eigenvalue weighted by molar-refractivity contribution is 0.0718. The molecule has 0 unspecified atom stereocenters. The van der Waals surface area contributed by atoms with Crippen LogP contribution >= 0.6 is 0 Å². The molecule has 5 rings (SSSR count). The van der Waals surface area contributed by atoms with Crippen LogP contribution in [0.25, 0.3) is 11.0 Å². The lowest BCUT2D eigenvalue weighted by Crippen LogP contribution is -2.48. The SMILES string of the molecule is COc1ccc(C(=O)Nc2c(C(=O)N3CCN(c4ccccc4)CC3)oc3ccccc23)cc1OC. The molecule has 1 N–H and O–H groups in total. The number of methoxy groups -OCH3 is 2. The zero-order valence-electron chi connectivity index (χ0n) is 20.2. The van der Waals surface area contributed by atoms with Crippen LogP contribution in [0.5, 0.6) is 11.5 Å². The number of nitrogens with zero attached hydrogens (tertiary/aromatic N) is 2. The van der Waals surface area contributed by atoms with Crippen LogP contribution in [0.3, 0.4) is 0 Å². The second kappa shape index (κ2) is 10.0. The Bertz CT molecular complexity index is 1390. The molecule has 1 fully saturated rings. The first-order chi connectivity index (χ1) is 17.6. The highest BCUT2D eigenvalue weighted by Crippen LogP contribution is 2.33. The molecule has 0 saturated carbocycles. The van der Waals surface area contributed by atoms with E-state index in [0.717, 1.165) is 5.69 Å². The highest BCUT2D eigenvalue weighted by atomic mass is 16.5. The van der Waals surface area contributed by atoms with Crippen molar-refractivity contribution >= 4 is 34.2 Å². The fourth-order valence-electron chi connectivity index (χ4n) is 4.43. The van der Waals surface area contributed by atoms with E-state index in [4.69, 9.17) is 13.9 Å². The number of fused-ring (bicyclic) bond motifs is 1. The molecule has 1 saturated heterocycles. The van der Waals surface area contributed by atoms with Gasteiger partial charge < -0.3 is 29.0 Å². The molecule has 1 aliphatic rings. The van der Waals surface area contributed by atoms with Crippen LogP contribution < -0.4 is 19.7 Å². The average molecular weight is 486 g/mol. The predicted octanol–water partition coefficient (Wildman–Crippen LogP) is 4.66. The van der Waals surface area contributed by atoms with Gasteiger partial charge in [0, 0.05) is 42.8 Å². The Hall–Kier alpha value is -4.46. The largest absolute Gasteiger partial charge is 0.493 e. The molecule has 3 aromatic carbocycles. The highest BCUT2D eigenvalue weighted by Gasteiger charge is 2.29. The van der Waals surface area contributed by atoms with Crippen LogP contribution in [0.2, 0.25) is 0 Å². The van der Waals surface area contributed by atoms with Gasteiger partial charge in [0.15, 0.2) is 11.5 Å². The molecular weight excluding hydrogens is 458 g/mol. The standard InChI is InChI=1S/C28H27N3O5/c1-34-23-13-12-19(18-24(23)35-2)27(32)29-25-21-10-6-7-11-22(21)36-26(25)28(33)31-16-14-30(15-17-31)20-8-4-3-5-9-20/h3-13,18H,14-17H2,1-2H3,(H,29,32). The van der Waals surface area contributed by atoms with E-state index in [-0.39, 0.29) is 17.6 Å². The fourth-order valence-corrected chi connectivity index (χ4v) is 4.43. The molecule has 1 aliphatic heterocycles. The van der Waals surface area contributed by atoms with Crippen molar-refractivity contribution in [2.45, 2.75) is 0 Å². The van der Waals surface area contributed by atoms with Crippen LogP contribution in [-0.4, -0.2) is 57.1 Å². The molecule has 2 amide bonds. The first-order valence-electron chi connectivity index (χ1n) is 11.7. The summed E-state index contributed by atoms with van der Waals surface area (Å²) in [6.07, 6.45) is 0. The maximum absolute atomic E-state index is 13.6. The topological polar surface area (TPSA) is 84.3 Å². The predicted molar refractivity (Wildman–Crippen MR) is 138 cm³/mol. The van der Waals surface area contributed by atoms with Crippen LogP contribution in [-0.2, 0) is 0 Å². The number of hydrogen-bond acceptors (Lipinski definition) is 6. The minimum absolute atomic E-state index is 0.123. The van der Waals surface area contributed by atoms with Crippen molar-refractivity contribution in [3.8, 4) is 11.5 Å². The summed E-state index contributed by atoms with van der Waals surface area (Å²) in [7, 11) is 3.05. The van der Waals surface area contributed by atoms with Gasteiger partial charge in [0.25, 0.3) is 11.8 Å². The fraction of sp³-hybridized carbons (Fsp3) is 0.214. The Morgan fingerprint density at radius 3 is 2.25 bits per heavy atom. The van der Waals surface area contributed by atoms with Crippen LogP contribution in [0.15, 0.2) is 77.2 Å². The Balaban J connectivity index is 1.40. The van der Waals surface area contributed by atoms with Gasteiger partial charge in [-0.3, -0.25) is 9.59 Å². The zero-order chi connectivity index (χ0) is 25.1. The average Bonchev–Trinajstić information content (AvgIpc) is 3.31. The third kappa shape index (κ3) is 4.45. The molecule has 2 heterocycles. The van der Waals surface area contributed by atoms with Gasteiger partial charge in [-0.25, -0.2) is 0 Å². The van der Waals surface area contributed by atoms with Crippen molar-refractivity contribution in [1.82, 2.24) is 4.90 Å². The summed E-state index contributed by atoms with van der Waals surface area (Å²) in [5.41, 5.74) is 2.40. The Morgan fingerprint density at radius 2 is 1.53 bits per heavy atom. The monoisotopic (exact) mass is 485 g/mol. The summed E-state index contributed by atoms with van der Waals surface area (Å²) in [5.74, 6) is 0.452. The molecule has 0 spiro atoms. The van der Waals surface area contributed by atoms with E-state index in [0.29, 0.717) is 59.9 Å². The molecule has 0 radical (unpaired) electrons. The first kappa shape index (κ1) is 23.3. The lowest BCUT2D eigenvalue weighted by atomic mass is 10.1. The van der Waals surface area contributed by atoms with Crippen molar-refractivity contribution in [3.63, 3.8) is 0 Å². The second-order valence-electron chi connectivity index (χ2n) is 8.44. The summed E-state index contributed by atoms with van der Waals surface area (Å²) in [4.78, 5) is 30.8. The number of anilines is 2. The third-order valence-corrected chi connectivity index (χ3v) is 6.36. The van der Waals surface area contributed by atoms with E-state index in [9.17, 15) is 9.59 Å². The quantitative estimate of drug-likeness (QED) is 0.428. The molecular formula is C28H27N3O5. The number of para-hydroxylation sites is 2.